The molecule has 0 unspecified atom stereocenters. The molecule has 9 rings (SSSR count). The Labute approximate surface area is 501 Å². The fourth-order valence-electron chi connectivity index (χ4n) is 17.5. The van der Waals surface area contributed by atoms with Crippen molar-refractivity contribution in [2.75, 3.05) is 33.0 Å². The topological polar surface area (TPSA) is 436 Å². The number of allylic oxidation sites excluding steroid dienone is 2. The molecule has 5 saturated heterocycles. The number of aliphatic hydroxyl groups excluding tert-OH is 17. The second-order valence-electron chi connectivity index (χ2n) is 28.1. The van der Waals surface area contributed by atoms with Crippen LogP contribution in [0, 0.1) is 45.3 Å². The second-order valence-corrected chi connectivity index (χ2v) is 28.1. The van der Waals surface area contributed by atoms with E-state index < -0.39 is 209 Å². The normalized spacial score (nSPS) is 52.9. The van der Waals surface area contributed by atoms with Crippen molar-refractivity contribution in [1.29, 1.82) is 0 Å². The molecule has 27 nitrogen and oxygen atoms in total. The van der Waals surface area contributed by atoms with E-state index in [0.717, 1.165) is 24.8 Å². The number of hydrogen-bond donors (Lipinski definition) is 17. The van der Waals surface area contributed by atoms with Crippen LogP contribution in [0.1, 0.15) is 113 Å². The first-order valence-corrected chi connectivity index (χ1v) is 30.8. The van der Waals surface area contributed by atoms with Gasteiger partial charge in [0.15, 0.2) is 31.5 Å². The van der Waals surface area contributed by atoms with Crippen molar-refractivity contribution in [3.05, 3.63) is 11.6 Å². The average molecular weight is 1240 g/mol. The predicted molar refractivity (Wildman–Crippen MR) is 293 cm³/mol. The molecule has 4 aliphatic carbocycles. The van der Waals surface area contributed by atoms with E-state index in [1.54, 1.807) is 0 Å². The molecule has 0 bridgehead atoms. The van der Waals surface area contributed by atoms with Crippen molar-refractivity contribution in [3.8, 4) is 0 Å². The van der Waals surface area contributed by atoms with Gasteiger partial charge in [-0.15, -0.1) is 0 Å². The van der Waals surface area contributed by atoms with Gasteiger partial charge in [0.05, 0.1) is 50.8 Å². The summed E-state index contributed by atoms with van der Waals surface area (Å²) < 4.78 is 60.5. The molecule has 27 heteroatoms. The van der Waals surface area contributed by atoms with Crippen LogP contribution in [-0.2, 0) is 47.4 Å². The molecular formula is C59H100O27. The Hall–Kier alpha value is -1.34. The molecular weight excluding hydrogens is 1140 g/mol. The number of ether oxygens (including phenoxy) is 10. The van der Waals surface area contributed by atoms with Gasteiger partial charge in [-0.2, -0.15) is 0 Å². The average Bonchev–Trinajstić information content (AvgIpc) is 1.29. The van der Waals surface area contributed by atoms with E-state index in [1.807, 2.05) is 20.8 Å². The van der Waals surface area contributed by atoms with Gasteiger partial charge in [-0.1, -0.05) is 46.3 Å². The minimum Gasteiger partial charge on any atom is -0.394 e. The SMILES string of the molecule is CC(C)=CCC[C@](C)(O[C@@H]1O[C@H](CO[C@@H]2O[C@H](CO)[C@@H](O)[C@H](O[C@@H]3OC[C@@H](O)[C@H](O)[C@H]3O)[C@H]2O)[C@@H](O)[C@H](O)[C@H]1O)[C@H]1CC[C@]2(C)[C@@H]1[C@H](O)C[C@@H]1[C@@]3(C)CC[C@H](O[C@@H]4O[C@H](CO)[C@@H](O)[C@H](O)[C@H]4O[C@@H]4O[C@H](CO)[C@@H](O)[C@H](O)[C@H]4O)C(C)(C)[C@@H]3CC[C@]12C. The van der Waals surface area contributed by atoms with Crippen LogP contribution in [0.15, 0.2) is 11.6 Å². The van der Waals surface area contributed by atoms with Gasteiger partial charge in [-0.3, -0.25) is 0 Å². The Balaban J connectivity index is 0.913. The van der Waals surface area contributed by atoms with E-state index in [0.29, 0.717) is 38.5 Å². The van der Waals surface area contributed by atoms with Crippen LogP contribution < -0.4 is 0 Å². The zero-order valence-corrected chi connectivity index (χ0v) is 50.5. The third-order valence-corrected chi connectivity index (χ3v) is 22.6. The second kappa shape index (κ2) is 26.6. The maximum Gasteiger partial charge on any atom is 0.187 e. The third kappa shape index (κ3) is 12.3. The Morgan fingerprint density at radius 2 is 1.06 bits per heavy atom. The highest BCUT2D eigenvalue weighted by Gasteiger charge is 2.72. The maximum absolute atomic E-state index is 12.9. The minimum atomic E-state index is -1.84. The van der Waals surface area contributed by atoms with Gasteiger partial charge < -0.3 is 134 Å². The van der Waals surface area contributed by atoms with Crippen LogP contribution in [-0.4, -0.2) is 285 Å². The molecule has 86 heavy (non-hydrogen) atoms. The lowest BCUT2D eigenvalue weighted by atomic mass is 9.35. The summed E-state index contributed by atoms with van der Waals surface area (Å²) >= 11 is 0. The lowest BCUT2D eigenvalue weighted by Gasteiger charge is -2.71. The lowest BCUT2D eigenvalue weighted by molar-refractivity contribution is -0.378. The van der Waals surface area contributed by atoms with Gasteiger partial charge in [0, 0.05) is 0 Å². The van der Waals surface area contributed by atoms with Gasteiger partial charge in [-0.25, -0.2) is 0 Å². The molecule has 5 heterocycles. The van der Waals surface area contributed by atoms with E-state index >= 15 is 0 Å². The molecule has 0 radical (unpaired) electrons. The van der Waals surface area contributed by atoms with E-state index in [9.17, 15) is 86.8 Å². The molecule has 0 aromatic heterocycles. The maximum atomic E-state index is 12.9. The summed E-state index contributed by atoms with van der Waals surface area (Å²) in [5.41, 5.74) is -1.82. The Kier molecular flexibility index (Phi) is 21.3. The summed E-state index contributed by atoms with van der Waals surface area (Å²) in [6.07, 6.45) is -33.0. The highest BCUT2D eigenvalue weighted by molar-refractivity contribution is 5.21. The minimum absolute atomic E-state index is 0.00480. The molecule has 0 amide bonds. The first-order valence-electron chi connectivity index (χ1n) is 30.8. The summed E-state index contributed by atoms with van der Waals surface area (Å²) in [7, 11) is 0. The monoisotopic (exact) mass is 1240 g/mol. The molecule has 0 spiro atoms. The van der Waals surface area contributed by atoms with Crippen molar-refractivity contribution in [2.24, 2.45) is 45.3 Å². The Morgan fingerprint density at radius 1 is 0.512 bits per heavy atom. The Bertz CT molecular complexity index is 2260. The molecule has 9 aliphatic rings. The number of rotatable bonds is 18. The van der Waals surface area contributed by atoms with Crippen molar-refractivity contribution >= 4 is 0 Å². The quantitative estimate of drug-likeness (QED) is 0.0463. The van der Waals surface area contributed by atoms with Crippen LogP contribution in [0.4, 0.5) is 0 Å². The van der Waals surface area contributed by atoms with E-state index in [2.05, 4.69) is 40.7 Å². The summed E-state index contributed by atoms with van der Waals surface area (Å²) in [4.78, 5) is 0. The molecule has 17 N–H and O–H groups in total. The zero-order chi connectivity index (χ0) is 63.1. The van der Waals surface area contributed by atoms with Crippen molar-refractivity contribution in [1.82, 2.24) is 0 Å². The third-order valence-electron chi connectivity index (χ3n) is 22.6. The van der Waals surface area contributed by atoms with Crippen molar-refractivity contribution in [3.63, 3.8) is 0 Å². The molecule has 0 aromatic rings. The van der Waals surface area contributed by atoms with Crippen LogP contribution in [0.25, 0.3) is 0 Å². The van der Waals surface area contributed by atoms with Crippen LogP contribution >= 0.6 is 0 Å². The van der Waals surface area contributed by atoms with E-state index in [-0.39, 0.29) is 34.5 Å². The summed E-state index contributed by atoms with van der Waals surface area (Å²) in [6.45, 7) is 13.8. The highest BCUT2D eigenvalue weighted by atomic mass is 16.8. The van der Waals surface area contributed by atoms with Gasteiger partial charge >= 0.3 is 0 Å². The van der Waals surface area contributed by atoms with E-state index in [1.165, 1.54) is 0 Å². The molecule has 9 fully saturated rings. The standard InChI is InChI=1S/C59H100O27/c1-24(2)10-9-14-59(8,86-53-46(75)42(71)39(68)31(82-53)23-78-51-47(76)48(40(69)30(21-62)79-51)84-50-44(73)36(65)27(64)22-77-50)25-11-16-58(7)35(25)26(63)18-33-56(5)15-13-34(55(3,4)32(56)12-17-57(33,58)6)83-54-49(43(72)38(67)29(20-61)81-54)85-52-45(74)41(70)37(66)28(19-60)80-52/h10,25-54,60-76H,9,11-23H2,1-8H3/t25-,26+,27+,28+,29+,30+,31+,32-,33+,34-,35-,36-,37+,38+,39+,40+,41-,42-,43-,44+,45+,46+,47+,48-,49+,50-,51+,52-,53-,54-,56-,57+,58+,59-/m0/s1. The lowest BCUT2D eigenvalue weighted by Crippen LogP contribution is -2.68. The smallest absolute Gasteiger partial charge is 0.187 e. The molecule has 4 saturated carbocycles. The van der Waals surface area contributed by atoms with Gasteiger partial charge in [0.25, 0.3) is 0 Å². The predicted octanol–water partition coefficient (Wildman–Crippen LogP) is -3.74. The summed E-state index contributed by atoms with van der Waals surface area (Å²) in [5, 5.41) is 185. The zero-order valence-electron chi connectivity index (χ0n) is 50.5. The number of fused-ring (bicyclic) bond motifs is 5. The molecule has 498 valence electrons. The first-order chi connectivity index (χ1) is 40.3. The highest BCUT2D eigenvalue weighted by Crippen LogP contribution is 2.76. The number of hydrogen-bond acceptors (Lipinski definition) is 27. The molecule has 0 aromatic carbocycles. The summed E-state index contributed by atoms with van der Waals surface area (Å²) in [6, 6.07) is 0. The van der Waals surface area contributed by atoms with Crippen molar-refractivity contribution in [2.45, 2.75) is 278 Å². The van der Waals surface area contributed by atoms with Gasteiger partial charge in [-0.05, 0) is 124 Å². The molecule has 5 aliphatic heterocycles. The summed E-state index contributed by atoms with van der Waals surface area (Å²) in [5.74, 6) is -0.628. The largest absolute Gasteiger partial charge is 0.394 e. The van der Waals surface area contributed by atoms with E-state index in [4.69, 9.17) is 47.4 Å². The van der Waals surface area contributed by atoms with Gasteiger partial charge in [0.2, 0.25) is 0 Å². The van der Waals surface area contributed by atoms with Crippen LogP contribution in [0.2, 0.25) is 0 Å². The Morgan fingerprint density at radius 3 is 1.70 bits per heavy atom. The fraction of sp³-hybridized carbons (Fsp3) is 0.966. The number of aliphatic hydroxyl groups is 17. The van der Waals surface area contributed by atoms with Crippen LogP contribution in [0.5, 0.6) is 0 Å². The van der Waals surface area contributed by atoms with Crippen molar-refractivity contribution < 1.29 is 134 Å². The van der Waals surface area contributed by atoms with Crippen LogP contribution in [0.3, 0.4) is 0 Å². The van der Waals surface area contributed by atoms with Gasteiger partial charge in [0.1, 0.15) is 116 Å². The molecule has 34 atom stereocenters. The fourth-order valence-corrected chi connectivity index (χ4v) is 17.5. The first kappa shape index (κ1) is 69.0.